The topological polar surface area (TPSA) is 73.1 Å². The number of benzene rings is 1. The minimum absolute atomic E-state index is 0.0667. The third-order valence-electron chi connectivity index (χ3n) is 2.19. The summed E-state index contributed by atoms with van der Waals surface area (Å²) in [4.78, 5) is 7.74. The Morgan fingerprint density at radius 1 is 1.22 bits per heavy atom. The molecule has 0 atom stereocenters. The monoisotopic (exact) mass is 284 g/mol. The van der Waals surface area contributed by atoms with Crippen molar-refractivity contribution in [3.05, 3.63) is 34.7 Å². The first kappa shape index (κ1) is 12.7. The van der Waals surface area contributed by atoms with Gasteiger partial charge in [-0.1, -0.05) is 11.6 Å². The minimum Gasteiger partial charge on any atom is -0.497 e. The van der Waals surface area contributed by atoms with Gasteiger partial charge < -0.3 is 15.8 Å². The van der Waals surface area contributed by atoms with Crippen LogP contribution in [0.25, 0.3) is 0 Å². The van der Waals surface area contributed by atoms with Crippen molar-refractivity contribution in [2.24, 2.45) is 0 Å². The van der Waals surface area contributed by atoms with Gasteiger partial charge in [-0.2, -0.15) is 0 Å². The molecule has 94 valence electrons. The molecule has 0 aliphatic carbocycles. The van der Waals surface area contributed by atoms with E-state index in [4.69, 9.17) is 33.7 Å². The Kier molecular flexibility index (Phi) is 3.74. The maximum Gasteiger partial charge on any atom is 0.225 e. The summed E-state index contributed by atoms with van der Waals surface area (Å²) >= 11 is 11.5. The number of ether oxygens (including phenoxy) is 1. The summed E-state index contributed by atoms with van der Waals surface area (Å²) in [7, 11) is 1.58. The van der Waals surface area contributed by atoms with Crippen molar-refractivity contribution >= 4 is 40.4 Å². The molecule has 2 rings (SSSR count). The molecular formula is C11H10Cl2N4O. The zero-order valence-corrected chi connectivity index (χ0v) is 11.0. The first-order chi connectivity index (χ1) is 8.58. The fourth-order valence-electron chi connectivity index (χ4n) is 1.37. The molecule has 2 aromatic rings. The predicted molar refractivity (Wildman–Crippen MR) is 72.7 cm³/mol. The largest absolute Gasteiger partial charge is 0.497 e. The van der Waals surface area contributed by atoms with Crippen LogP contribution in [0.3, 0.4) is 0 Å². The Morgan fingerprint density at radius 2 is 2.00 bits per heavy atom. The molecule has 1 aromatic carbocycles. The zero-order valence-electron chi connectivity index (χ0n) is 9.45. The van der Waals surface area contributed by atoms with E-state index in [1.54, 1.807) is 31.4 Å². The number of rotatable bonds is 3. The molecule has 3 N–H and O–H groups in total. The highest BCUT2D eigenvalue weighted by Crippen LogP contribution is 2.27. The zero-order chi connectivity index (χ0) is 13.1. The lowest BCUT2D eigenvalue weighted by Gasteiger charge is -2.10. The number of halogens is 2. The number of hydrogen-bond acceptors (Lipinski definition) is 5. The van der Waals surface area contributed by atoms with E-state index in [-0.39, 0.29) is 10.4 Å². The van der Waals surface area contributed by atoms with Gasteiger partial charge in [0.15, 0.2) is 0 Å². The lowest BCUT2D eigenvalue weighted by atomic mass is 10.2. The number of nitrogens with zero attached hydrogens (tertiary/aromatic N) is 2. The van der Waals surface area contributed by atoms with Gasteiger partial charge in [0.05, 0.1) is 18.5 Å². The van der Waals surface area contributed by atoms with Gasteiger partial charge in [-0.3, -0.25) is 0 Å². The normalized spacial score (nSPS) is 10.2. The molecule has 0 radical (unpaired) electrons. The number of hydrogen-bond donors (Lipinski definition) is 2. The molecular weight excluding hydrogens is 275 g/mol. The van der Waals surface area contributed by atoms with Gasteiger partial charge in [-0.25, -0.2) is 9.97 Å². The van der Waals surface area contributed by atoms with Crippen LogP contribution in [0.15, 0.2) is 24.3 Å². The van der Waals surface area contributed by atoms with Crippen LogP contribution >= 0.6 is 23.2 Å². The second kappa shape index (κ2) is 5.29. The number of nitrogens with one attached hydrogen (secondary N) is 1. The van der Waals surface area contributed by atoms with Crippen molar-refractivity contribution in [1.29, 1.82) is 0 Å². The van der Waals surface area contributed by atoms with Crippen LogP contribution in [-0.2, 0) is 0 Å². The first-order valence-corrected chi connectivity index (χ1v) is 5.74. The Balaban J connectivity index is 2.28. The van der Waals surface area contributed by atoms with E-state index in [0.717, 1.165) is 0 Å². The Hall–Kier alpha value is -1.72. The molecule has 0 saturated carbocycles. The van der Waals surface area contributed by atoms with Gasteiger partial charge in [0, 0.05) is 12.1 Å². The second-order valence-corrected chi connectivity index (χ2v) is 4.15. The second-order valence-electron chi connectivity index (χ2n) is 3.42. The fourth-order valence-corrected chi connectivity index (χ4v) is 1.78. The van der Waals surface area contributed by atoms with E-state index in [1.807, 2.05) is 0 Å². The van der Waals surface area contributed by atoms with E-state index in [2.05, 4.69) is 15.3 Å². The highest BCUT2D eigenvalue weighted by molar-refractivity contribution is 6.32. The summed E-state index contributed by atoms with van der Waals surface area (Å²) in [6.45, 7) is 0. The van der Waals surface area contributed by atoms with Gasteiger partial charge >= 0.3 is 0 Å². The third-order valence-corrected chi connectivity index (χ3v) is 2.55. The molecule has 0 fully saturated rings. The molecule has 1 aromatic heterocycles. The quantitative estimate of drug-likeness (QED) is 0.515. The number of nitrogen functional groups attached to an aromatic ring is 1. The van der Waals surface area contributed by atoms with Crippen LogP contribution in [0.2, 0.25) is 10.4 Å². The molecule has 1 heterocycles. The van der Waals surface area contributed by atoms with E-state index in [9.17, 15) is 0 Å². The van der Waals surface area contributed by atoms with Crippen LogP contribution in [0.1, 0.15) is 0 Å². The molecule has 0 unspecified atom stereocenters. The van der Waals surface area contributed by atoms with Crippen LogP contribution in [-0.4, -0.2) is 17.1 Å². The number of methoxy groups -OCH3 is 1. The van der Waals surface area contributed by atoms with Gasteiger partial charge in [-0.05, 0) is 23.7 Å². The molecule has 5 nitrogen and oxygen atoms in total. The van der Waals surface area contributed by atoms with Crippen molar-refractivity contribution in [2.45, 2.75) is 0 Å². The summed E-state index contributed by atoms with van der Waals surface area (Å²) < 4.78 is 5.06. The summed E-state index contributed by atoms with van der Waals surface area (Å²) in [5, 5.41) is 3.33. The van der Waals surface area contributed by atoms with Gasteiger partial charge in [0.1, 0.15) is 16.7 Å². The van der Waals surface area contributed by atoms with E-state index < -0.39 is 0 Å². The maximum atomic E-state index is 5.87. The lowest BCUT2D eigenvalue weighted by molar-refractivity contribution is 0.415. The van der Waals surface area contributed by atoms with Gasteiger partial charge in [-0.15, -0.1) is 0 Å². The highest BCUT2D eigenvalue weighted by atomic mass is 35.5. The Morgan fingerprint density at radius 3 is 2.61 bits per heavy atom. The molecule has 0 amide bonds. The molecule has 7 heteroatoms. The summed E-state index contributed by atoms with van der Waals surface area (Å²) in [5.41, 5.74) is 7.08. The maximum absolute atomic E-state index is 5.87. The molecule has 0 aliphatic rings. The summed E-state index contributed by atoms with van der Waals surface area (Å²) in [6, 6.07) is 6.81. The summed E-state index contributed by atoms with van der Waals surface area (Å²) in [6.07, 6.45) is 0. The van der Waals surface area contributed by atoms with Gasteiger partial charge in [0.2, 0.25) is 5.28 Å². The van der Waals surface area contributed by atoms with Gasteiger partial charge in [0.25, 0.3) is 0 Å². The van der Waals surface area contributed by atoms with E-state index in [0.29, 0.717) is 22.9 Å². The smallest absolute Gasteiger partial charge is 0.225 e. The molecule has 0 bridgehead atoms. The van der Waals surface area contributed by atoms with Crippen molar-refractivity contribution in [2.75, 3.05) is 18.2 Å². The van der Waals surface area contributed by atoms with Crippen LogP contribution in [0.4, 0.5) is 17.2 Å². The third kappa shape index (κ3) is 2.94. The number of anilines is 3. The van der Waals surface area contributed by atoms with Crippen LogP contribution in [0, 0.1) is 0 Å². The van der Waals surface area contributed by atoms with Crippen molar-refractivity contribution in [3.63, 3.8) is 0 Å². The van der Waals surface area contributed by atoms with Crippen molar-refractivity contribution in [1.82, 2.24) is 9.97 Å². The average molecular weight is 285 g/mol. The average Bonchev–Trinajstić information content (AvgIpc) is 2.30. The number of nitrogens with two attached hydrogens (primary N) is 1. The highest BCUT2D eigenvalue weighted by Gasteiger charge is 2.05. The van der Waals surface area contributed by atoms with E-state index >= 15 is 0 Å². The standard InChI is InChI=1S/C11H10Cl2N4O/c1-18-6-2-3-8(7(14)4-6)15-10-5-9(12)16-11(13)17-10/h2-5H,14H2,1H3,(H,15,16,17). The molecule has 0 saturated heterocycles. The molecule has 18 heavy (non-hydrogen) atoms. The SMILES string of the molecule is COc1ccc(Nc2cc(Cl)nc(Cl)n2)c(N)c1. The Bertz CT molecular complexity index is 557. The predicted octanol–water partition coefficient (Wildman–Crippen LogP) is 3.12. The van der Waals surface area contributed by atoms with E-state index in [1.165, 1.54) is 0 Å². The van der Waals surface area contributed by atoms with Crippen molar-refractivity contribution < 1.29 is 4.74 Å². The van der Waals surface area contributed by atoms with Crippen LogP contribution < -0.4 is 15.8 Å². The summed E-state index contributed by atoms with van der Waals surface area (Å²) in [5.74, 6) is 1.15. The minimum atomic E-state index is 0.0667. The number of aromatic nitrogens is 2. The molecule has 0 spiro atoms. The molecule has 0 aliphatic heterocycles. The Labute approximate surface area is 114 Å². The van der Waals surface area contributed by atoms with Crippen LogP contribution in [0.5, 0.6) is 5.75 Å². The van der Waals surface area contributed by atoms with Crippen molar-refractivity contribution in [3.8, 4) is 5.75 Å². The fraction of sp³-hybridized carbons (Fsp3) is 0.0909. The lowest BCUT2D eigenvalue weighted by Crippen LogP contribution is -1.99. The first-order valence-electron chi connectivity index (χ1n) is 4.99.